The lowest BCUT2D eigenvalue weighted by Gasteiger charge is -2.35. The number of nitrogens with zero attached hydrogens (tertiary/aromatic N) is 1. The summed E-state index contributed by atoms with van der Waals surface area (Å²) in [4.78, 5) is 2.51. The van der Waals surface area contributed by atoms with Crippen LogP contribution in [0.15, 0.2) is 23.8 Å². The van der Waals surface area contributed by atoms with Crippen LogP contribution in [0, 0.1) is 24.2 Å². The smallest absolute Gasteiger partial charge is 0.0240 e. The van der Waals surface area contributed by atoms with Gasteiger partial charge in [-0.1, -0.05) is 31.9 Å². The first-order valence-corrected chi connectivity index (χ1v) is 6.17. The summed E-state index contributed by atoms with van der Waals surface area (Å²) < 4.78 is 0. The van der Waals surface area contributed by atoms with Gasteiger partial charge in [0.1, 0.15) is 0 Å². The third kappa shape index (κ3) is 3.87. The van der Waals surface area contributed by atoms with Crippen LogP contribution in [-0.2, 0) is 0 Å². The van der Waals surface area contributed by atoms with Crippen LogP contribution in [0.5, 0.6) is 0 Å². The van der Waals surface area contributed by atoms with Gasteiger partial charge in [0, 0.05) is 13.1 Å². The molecule has 1 heteroatoms. The normalized spacial score (nSPS) is 28.2. The molecule has 0 N–H and O–H groups in total. The molecular formula is C15H23N. The maximum Gasteiger partial charge on any atom is 0.0240 e. The molecule has 0 aromatic heterocycles. The Morgan fingerprint density at radius 3 is 2.75 bits per heavy atom. The zero-order valence-corrected chi connectivity index (χ0v) is 10.7. The molecule has 2 atom stereocenters. The first kappa shape index (κ1) is 13.1. The van der Waals surface area contributed by atoms with Crippen LogP contribution in [0.2, 0.25) is 0 Å². The molecule has 1 nitrogen and oxygen atoms in total. The average molecular weight is 217 g/mol. The average Bonchev–Trinajstić information content (AvgIpc) is 2.24. The molecule has 2 unspecified atom stereocenters. The zero-order valence-electron chi connectivity index (χ0n) is 10.7. The fourth-order valence-corrected chi connectivity index (χ4v) is 2.22. The number of terminal acetylenes is 1. The first-order chi connectivity index (χ1) is 7.67. The highest BCUT2D eigenvalue weighted by Crippen LogP contribution is 2.22. The molecule has 0 aromatic rings. The highest BCUT2D eigenvalue weighted by Gasteiger charge is 2.22. The molecule has 1 rings (SSSR count). The van der Waals surface area contributed by atoms with Crippen LogP contribution >= 0.6 is 0 Å². The molecule has 0 bridgehead atoms. The van der Waals surface area contributed by atoms with Gasteiger partial charge in [-0.05, 0) is 43.4 Å². The first-order valence-electron chi connectivity index (χ1n) is 6.17. The van der Waals surface area contributed by atoms with Gasteiger partial charge in [-0.15, -0.1) is 6.42 Å². The predicted octanol–water partition coefficient (Wildman–Crippen LogP) is 3.10. The van der Waals surface area contributed by atoms with E-state index in [1.54, 1.807) is 0 Å². The Kier molecular flexibility index (Phi) is 5.35. The van der Waals surface area contributed by atoms with E-state index in [4.69, 9.17) is 6.42 Å². The van der Waals surface area contributed by atoms with Crippen LogP contribution < -0.4 is 0 Å². The third-order valence-electron chi connectivity index (χ3n) is 3.47. The van der Waals surface area contributed by atoms with Gasteiger partial charge in [-0.2, -0.15) is 0 Å². The lowest BCUT2D eigenvalue weighted by atomic mass is 9.88. The molecule has 1 aliphatic heterocycles. The summed E-state index contributed by atoms with van der Waals surface area (Å²) in [6, 6.07) is 0. The van der Waals surface area contributed by atoms with E-state index in [1.165, 1.54) is 25.1 Å². The molecule has 1 fully saturated rings. The van der Waals surface area contributed by atoms with Gasteiger partial charge in [0.15, 0.2) is 0 Å². The summed E-state index contributed by atoms with van der Waals surface area (Å²) in [6.45, 7) is 10.1. The Labute approximate surface area is 100 Å². The largest absolute Gasteiger partial charge is 0.299 e. The van der Waals surface area contributed by atoms with Crippen molar-refractivity contribution in [1.29, 1.82) is 0 Å². The SMILES string of the molecule is C#C/C=C(\C=C/C)CN1CCC(C)C(C)C1. The van der Waals surface area contributed by atoms with E-state index in [0.29, 0.717) is 0 Å². The van der Waals surface area contributed by atoms with Gasteiger partial charge in [0.25, 0.3) is 0 Å². The molecule has 0 spiro atoms. The van der Waals surface area contributed by atoms with Crippen LogP contribution in [0.4, 0.5) is 0 Å². The fourth-order valence-electron chi connectivity index (χ4n) is 2.22. The van der Waals surface area contributed by atoms with Gasteiger partial charge in [-0.3, -0.25) is 4.90 Å². The van der Waals surface area contributed by atoms with Gasteiger partial charge < -0.3 is 0 Å². The molecule has 0 saturated carbocycles. The minimum Gasteiger partial charge on any atom is -0.299 e. The second kappa shape index (κ2) is 6.55. The highest BCUT2D eigenvalue weighted by atomic mass is 15.1. The van der Waals surface area contributed by atoms with E-state index in [0.717, 1.165) is 18.4 Å². The number of hydrogen-bond donors (Lipinski definition) is 0. The van der Waals surface area contributed by atoms with Crippen molar-refractivity contribution in [2.45, 2.75) is 27.2 Å². The monoisotopic (exact) mass is 217 g/mol. The summed E-state index contributed by atoms with van der Waals surface area (Å²) in [7, 11) is 0. The minimum atomic E-state index is 0.798. The standard InChI is InChI=1S/C15H23N/c1-5-7-15(8-6-2)12-16-10-9-13(3)14(4)11-16/h1,6-8,13-14H,9-12H2,2-4H3/b8-6-,15-7+. The highest BCUT2D eigenvalue weighted by molar-refractivity contribution is 5.28. The molecule has 0 aromatic carbocycles. The molecule has 1 aliphatic rings. The summed E-state index contributed by atoms with van der Waals surface area (Å²) in [5.41, 5.74) is 1.24. The molecule has 1 saturated heterocycles. The quantitative estimate of drug-likeness (QED) is 0.518. The Morgan fingerprint density at radius 2 is 2.19 bits per heavy atom. The summed E-state index contributed by atoms with van der Waals surface area (Å²) in [6.07, 6.45) is 12.7. The van der Waals surface area contributed by atoms with E-state index >= 15 is 0 Å². The number of hydrogen-bond acceptors (Lipinski definition) is 1. The van der Waals surface area contributed by atoms with E-state index in [-0.39, 0.29) is 0 Å². The Balaban J connectivity index is 2.54. The van der Waals surface area contributed by atoms with Crippen molar-refractivity contribution in [1.82, 2.24) is 4.90 Å². The van der Waals surface area contributed by atoms with Gasteiger partial charge >= 0.3 is 0 Å². The van der Waals surface area contributed by atoms with E-state index < -0.39 is 0 Å². The number of piperidine rings is 1. The Morgan fingerprint density at radius 1 is 1.44 bits per heavy atom. The van der Waals surface area contributed by atoms with Crippen molar-refractivity contribution in [3.8, 4) is 12.3 Å². The van der Waals surface area contributed by atoms with Gasteiger partial charge in [-0.25, -0.2) is 0 Å². The summed E-state index contributed by atoms with van der Waals surface area (Å²) in [5.74, 6) is 4.28. The Bertz CT molecular complexity index is 306. The van der Waals surface area contributed by atoms with Crippen LogP contribution in [0.3, 0.4) is 0 Å². The molecule has 16 heavy (non-hydrogen) atoms. The van der Waals surface area contributed by atoms with Gasteiger partial charge in [0.05, 0.1) is 0 Å². The number of rotatable bonds is 3. The fraction of sp³-hybridized carbons (Fsp3) is 0.600. The Hall–Kier alpha value is -1.00. The molecule has 1 heterocycles. The van der Waals surface area contributed by atoms with Crippen molar-refractivity contribution >= 4 is 0 Å². The maximum absolute atomic E-state index is 5.34. The lowest BCUT2D eigenvalue weighted by molar-refractivity contribution is 0.149. The van der Waals surface area contributed by atoms with Gasteiger partial charge in [0.2, 0.25) is 0 Å². The molecule has 0 amide bonds. The number of allylic oxidation sites excluding steroid dienone is 2. The summed E-state index contributed by atoms with van der Waals surface area (Å²) >= 11 is 0. The van der Waals surface area contributed by atoms with Crippen molar-refractivity contribution in [3.05, 3.63) is 23.8 Å². The number of likely N-dealkylation sites (tertiary alicyclic amines) is 1. The van der Waals surface area contributed by atoms with Crippen molar-refractivity contribution in [2.75, 3.05) is 19.6 Å². The molecule has 0 radical (unpaired) electrons. The van der Waals surface area contributed by atoms with Crippen molar-refractivity contribution in [2.24, 2.45) is 11.8 Å². The second-order valence-corrected chi connectivity index (χ2v) is 4.86. The van der Waals surface area contributed by atoms with E-state index in [2.05, 4.69) is 36.8 Å². The summed E-state index contributed by atoms with van der Waals surface area (Å²) in [5, 5.41) is 0. The molecule has 88 valence electrons. The second-order valence-electron chi connectivity index (χ2n) is 4.86. The minimum absolute atomic E-state index is 0.798. The van der Waals surface area contributed by atoms with E-state index in [9.17, 15) is 0 Å². The third-order valence-corrected chi connectivity index (χ3v) is 3.47. The van der Waals surface area contributed by atoms with Crippen LogP contribution in [-0.4, -0.2) is 24.5 Å². The predicted molar refractivity (Wildman–Crippen MR) is 71.1 cm³/mol. The van der Waals surface area contributed by atoms with Crippen LogP contribution in [0.25, 0.3) is 0 Å². The van der Waals surface area contributed by atoms with E-state index in [1.807, 2.05) is 13.0 Å². The van der Waals surface area contributed by atoms with Crippen molar-refractivity contribution < 1.29 is 0 Å². The lowest BCUT2D eigenvalue weighted by Crippen LogP contribution is -2.39. The van der Waals surface area contributed by atoms with Crippen molar-refractivity contribution in [3.63, 3.8) is 0 Å². The molecular weight excluding hydrogens is 194 g/mol. The zero-order chi connectivity index (χ0) is 12.0. The molecule has 0 aliphatic carbocycles. The van der Waals surface area contributed by atoms with Crippen LogP contribution in [0.1, 0.15) is 27.2 Å². The maximum atomic E-state index is 5.34. The topological polar surface area (TPSA) is 3.24 Å².